The van der Waals surface area contributed by atoms with Crippen LogP contribution in [0.2, 0.25) is 0 Å². The number of aryl methyl sites for hydroxylation is 2. The first kappa shape index (κ1) is 16.4. The van der Waals surface area contributed by atoms with E-state index in [1.54, 1.807) is 17.5 Å². The number of thiazole rings is 1. The van der Waals surface area contributed by atoms with E-state index in [1.165, 1.54) is 23.2 Å². The molecule has 0 fully saturated rings. The number of aromatic nitrogens is 1. The van der Waals surface area contributed by atoms with Crippen molar-refractivity contribution in [2.24, 2.45) is 0 Å². The zero-order valence-electron chi connectivity index (χ0n) is 13.4. The summed E-state index contributed by atoms with van der Waals surface area (Å²) in [5.74, 6) is 0.109. The number of benzene rings is 1. The number of nitrogens with zero attached hydrogens (tertiary/aromatic N) is 1. The maximum Gasteiger partial charge on any atom is 0.270 e. The second kappa shape index (κ2) is 6.98. The van der Waals surface area contributed by atoms with Gasteiger partial charge >= 0.3 is 0 Å². The van der Waals surface area contributed by atoms with Gasteiger partial charge in [-0.2, -0.15) is 0 Å². The predicted molar refractivity (Wildman–Crippen MR) is 93.0 cm³/mol. The molecule has 0 spiro atoms. The Morgan fingerprint density at radius 1 is 1.38 bits per heavy atom. The summed E-state index contributed by atoms with van der Waals surface area (Å²) in [6.45, 7) is 4.15. The molecule has 3 aromatic rings. The number of carbonyl (C=O) groups is 1. The molecule has 0 saturated heterocycles. The SMILES string of the molecule is Cc1ccc(-c2nc(C(=O)NCC(O)c3ccco3)cs2)c(C)c1. The smallest absolute Gasteiger partial charge is 0.270 e. The van der Waals surface area contributed by atoms with Crippen LogP contribution in [0, 0.1) is 13.8 Å². The molecule has 0 saturated carbocycles. The van der Waals surface area contributed by atoms with E-state index in [0.717, 1.165) is 16.1 Å². The first-order valence-corrected chi connectivity index (χ1v) is 8.45. The number of rotatable bonds is 5. The summed E-state index contributed by atoms with van der Waals surface area (Å²) in [6, 6.07) is 9.50. The number of carbonyl (C=O) groups excluding carboxylic acids is 1. The highest BCUT2D eigenvalue weighted by Gasteiger charge is 2.16. The van der Waals surface area contributed by atoms with E-state index in [2.05, 4.69) is 16.4 Å². The Balaban J connectivity index is 1.67. The van der Waals surface area contributed by atoms with Gasteiger partial charge in [0.1, 0.15) is 22.6 Å². The van der Waals surface area contributed by atoms with Crippen LogP contribution in [0.3, 0.4) is 0 Å². The van der Waals surface area contributed by atoms with Crippen LogP contribution >= 0.6 is 11.3 Å². The van der Waals surface area contributed by atoms with Crippen LogP contribution in [0.4, 0.5) is 0 Å². The lowest BCUT2D eigenvalue weighted by molar-refractivity contribution is 0.0897. The van der Waals surface area contributed by atoms with Crippen molar-refractivity contribution in [2.75, 3.05) is 6.54 Å². The zero-order chi connectivity index (χ0) is 17.1. The molecule has 1 amide bonds. The molecule has 2 N–H and O–H groups in total. The second-order valence-corrected chi connectivity index (χ2v) is 6.46. The fraction of sp³-hybridized carbons (Fsp3) is 0.222. The number of nitrogens with one attached hydrogen (secondary N) is 1. The topological polar surface area (TPSA) is 75.4 Å². The summed E-state index contributed by atoms with van der Waals surface area (Å²) in [6.07, 6.45) is 0.609. The molecule has 24 heavy (non-hydrogen) atoms. The first-order chi connectivity index (χ1) is 11.5. The van der Waals surface area contributed by atoms with Crippen molar-refractivity contribution in [3.63, 3.8) is 0 Å². The molecule has 2 aromatic heterocycles. The Morgan fingerprint density at radius 2 is 2.21 bits per heavy atom. The van der Waals surface area contributed by atoms with Gasteiger partial charge in [0.25, 0.3) is 5.91 Å². The maximum atomic E-state index is 12.2. The summed E-state index contributed by atoms with van der Waals surface area (Å²) >= 11 is 1.43. The van der Waals surface area contributed by atoms with Crippen molar-refractivity contribution in [2.45, 2.75) is 20.0 Å². The highest BCUT2D eigenvalue weighted by molar-refractivity contribution is 7.13. The van der Waals surface area contributed by atoms with Gasteiger partial charge in [-0.15, -0.1) is 11.3 Å². The maximum absolute atomic E-state index is 12.2. The van der Waals surface area contributed by atoms with Crippen molar-refractivity contribution in [1.29, 1.82) is 0 Å². The van der Waals surface area contributed by atoms with Gasteiger partial charge in [-0.05, 0) is 31.5 Å². The molecule has 0 bridgehead atoms. The fourth-order valence-corrected chi connectivity index (χ4v) is 3.31. The molecule has 6 heteroatoms. The molecule has 0 aliphatic rings. The number of aliphatic hydroxyl groups excluding tert-OH is 1. The van der Waals surface area contributed by atoms with Gasteiger partial charge in [0.05, 0.1) is 12.8 Å². The summed E-state index contributed by atoms with van der Waals surface area (Å²) in [4.78, 5) is 16.6. The van der Waals surface area contributed by atoms with Crippen molar-refractivity contribution in [3.8, 4) is 10.6 Å². The van der Waals surface area contributed by atoms with Crippen LogP contribution in [0.1, 0.15) is 33.5 Å². The van der Waals surface area contributed by atoms with E-state index in [9.17, 15) is 9.90 Å². The van der Waals surface area contributed by atoms with E-state index in [4.69, 9.17) is 4.42 Å². The minimum atomic E-state index is -0.874. The van der Waals surface area contributed by atoms with Crippen LogP contribution in [-0.4, -0.2) is 22.5 Å². The van der Waals surface area contributed by atoms with Gasteiger partial charge in [0.2, 0.25) is 0 Å². The van der Waals surface area contributed by atoms with Crippen LogP contribution in [-0.2, 0) is 0 Å². The molecule has 124 valence electrons. The van der Waals surface area contributed by atoms with Gasteiger partial charge in [-0.3, -0.25) is 4.79 Å². The van der Waals surface area contributed by atoms with Crippen LogP contribution < -0.4 is 5.32 Å². The van der Waals surface area contributed by atoms with Gasteiger partial charge < -0.3 is 14.8 Å². The third kappa shape index (κ3) is 3.55. The van der Waals surface area contributed by atoms with E-state index in [1.807, 2.05) is 26.0 Å². The Morgan fingerprint density at radius 3 is 2.92 bits per heavy atom. The molecule has 1 unspecified atom stereocenters. The van der Waals surface area contributed by atoms with E-state index in [-0.39, 0.29) is 12.5 Å². The normalized spacial score (nSPS) is 12.1. The number of hydrogen-bond donors (Lipinski definition) is 2. The lowest BCUT2D eigenvalue weighted by atomic mass is 10.1. The lowest BCUT2D eigenvalue weighted by Crippen LogP contribution is -2.28. The highest BCUT2D eigenvalue weighted by Crippen LogP contribution is 2.27. The summed E-state index contributed by atoms with van der Waals surface area (Å²) in [5.41, 5.74) is 3.70. The number of hydrogen-bond acceptors (Lipinski definition) is 5. The van der Waals surface area contributed by atoms with Crippen LogP contribution in [0.25, 0.3) is 10.6 Å². The third-order valence-corrected chi connectivity index (χ3v) is 4.55. The number of amides is 1. The second-order valence-electron chi connectivity index (χ2n) is 5.60. The Kier molecular flexibility index (Phi) is 4.78. The van der Waals surface area contributed by atoms with Gasteiger partial charge in [-0.1, -0.05) is 23.8 Å². The minimum absolute atomic E-state index is 0.0722. The van der Waals surface area contributed by atoms with Crippen molar-refractivity contribution in [3.05, 3.63) is 64.6 Å². The largest absolute Gasteiger partial charge is 0.467 e. The predicted octanol–water partition coefficient (Wildman–Crippen LogP) is 3.48. The highest BCUT2D eigenvalue weighted by atomic mass is 32.1. The first-order valence-electron chi connectivity index (χ1n) is 7.57. The summed E-state index contributed by atoms with van der Waals surface area (Å²) < 4.78 is 5.10. The quantitative estimate of drug-likeness (QED) is 0.744. The number of aliphatic hydroxyl groups is 1. The van der Waals surface area contributed by atoms with Gasteiger partial charge in [-0.25, -0.2) is 4.98 Å². The van der Waals surface area contributed by atoms with Crippen molar-refractivity contribution in [1.82, 2.24) is 10.3 Å². The molecule has 0 aliphatic carbocycles. The average molecular weight is 342 g/mol. The molecular weight excluding hydrogens is 324 g/mol. The van der Waals surface area contributed by atoms with E-state index in [0.29, 0.717) is 11.5 Å². The van der Waals surface area contributed by atoms with Crippen molar-refractivity contribution < 1.29 is 14.3 Å². The van der Waals surface area contributed by atoms with Gasteiger partial charge in [0, 0.05) is 10.9 Å². The molecule has 5 nitrogen and oxygen atoms in total. The fourth-order valence-electron chi connectivity index (χ4n) is 2.42. The average Bonchev–Trinajstić information content (AvgIpc) is 3.23. The standard InChI is InChI=1S/C18H18N2O3S/c1-11-5-6-13(12(2)8-11)18-20-14(10-24-18)17(22)19-9-15(21)16-4-3-7-23-16/h3-8,10,15,21H,9H2,1-2H3,(H,19,22). The molecule has 2 heterocycles. The molecule has 1 atom stereocenters. The van der Waals surface area contributed by atoms with Crippen LogP contribution in [0.5, 0.6) is 0 Å². The summed E-state index contributed by atoms with van der Waals surface area (Å²) in [7, 11) is 0. The zero-order valence-corrected chi connectivity index (χ0v) is 14.3. The molecule has 3 rings (SSSR count). The van der Waals surface area contributed by atoms with E-state index >= 15 is 0 Å². The van der Waals surface area contributed by atoms with E-state index < -0.39 is 6.10 Å². The summed E-state index contributed by atoms with van der Waals surface area (Å²) in [5, 5.41) is 15.1. The number of furan rings is 1. The molecule has 0 aliphatic heterocycles. The molecule has 0 radical (unpaired) electrons. The third-order valence-electron chi connectivity index (χ3n) is 3.68. The monoisotopic (exact) mass is 342 g/mol. The molecular formula is C18H18N2O3S. The van der Waals surface area contributed by atoms with Crippen LogP contribution in [0.15, 0.2) is 46.4 Å². The Labute approximate surface area is 144 Å². The Hall–Kier alpha value is -2.44. The lowest BCUT2D eigenvalue weighted by Gasteiger charge is -2.08. The molecule has 1 aromatic carbocycles. The van der Waals surface area contributed by atoms with Crippen molar-refractivity contribution >= 4 is 17.2 Å². The van der Waals surface area contributed by atoms with Gasteiger partial charge in [0.15, 0.2) is 0 Å². The Bertz CT molecular complexity index is 840. The minimum Gasteiger partial charge on any atom is -0.467 e.